The molecule has 0 saturated heterocycles. The van der Waals surface area contributed by atoms with Crippen molar-refractivity contribution in [1.82, 2.24) is 9.55 Å². The molecule has 0 amide bonds. The van der Waals surface area contributed by atoms with Gasteiger partial charge in [0, 0.05) is 29.6 Å². The first-order chi connectivity index (χ1) is 13.5. The SMILES string of the molecule is C[C@H](Sc1nc2c(c(=O)n1-c1ccc([N+](=O)[O-])cc1)SCC2)c1ccccc1. The van der Waals surface area contributed by atoms with E-state index in [2.05, 4.69) is 19.1 Å². The Balaban J connectivity index is 1.80. The summed E-state index contributed by atoms with van der Waals surface area (Å²) in [4.78, 5) is 29.1. The molecule has 2 aromatic carbocycles. The lowest BCUT2D eigenvalue weighted by Gasteiger charge is -2.17. The summed E-state index contributed by atoms with van der Waals surface area (Å²) in [6, 6.07) is 16.1. The van der Waals surface area contributed by atoms with Crippen LogP contribution in [-0.4, -0.2) is 20.2 Å². The second-order valence-corrected chi connectivity index (χ2v) is 8.77. The Morgan fingerprint density at radius 2 is 1.89 bits per heavy atom. The number of benzene rings is 2. The zero-order valence-corrected chi connectivity index (χ0v) is 16.7. The van der Waals surface area contributed by atoms with E-state index in [4.69, 9.17) is 4.98 Å². The molecule has 0 saturated carbocycles. The van der Waals surface area contributed by atoms with E-state index in [1.165, 1.54) is 35.7 Å². The van der Waals surface area contributed by atoms with Gasteiger partial charge in [-0.25, -0.2) is 4.98 Å². The van der Waals surface area contributed by atoms with E-state index in [1.807, 2.05) is 18.2 Å². The number of aromatic nitrogens is 2. The highest BCUT2D eigenvalue weighted by atomic mass is 32.2. The summed E-state index contributed by atoms with van der Waals surface area (Å²) >= 11 is 3.04. The average molecular weight is 412 g/mol. The topological polar surface area (TPSA) is 78.0 Å². The number of nitro groups is 1. The summed E-state index contributed by atoms with van der Waals surface area (Å²) in [6.45, 7) is 2.08. The third kappa shape index (κ3) is 3.57. The van der Waals surface area contributed by atoms with Crippen molar-refractivity contribution in [2.75, 3.05) is 5.75 Å². The molecule has 1 aliphatic heterocycles. The van der Waals surface area contributed by atoms with Gasteiger partial charge < -0.3 is 0 Å². The van der Waals surface area contributed by atoms with Crippen LogP contribution in [0, 0.1) is 10.1 Å². The Bertz CT molecular complexity index is 1080. The highest BCUT2D eigenvalue weighted by Gasteiger charge is 2.24. The lowest BCUT2D eigenvalue weighted by Crippen LogP contribution is -2.24. The third-order valence-corrected chi connectivity index (χ3v) is 6.75. The maximum absolute atomic E-state index is 13.2. The highest BCUT2D eigenvalue weighted by Crippen LogP contribution is 2.36. The number of thioether (sulfide) groups is 2. The number of aryl methyl sites for hydroxylation is 1. The second-order valence-electron chi connectivity index (χ2n) is 6.35. The van der Waals surface area contributed by atoms with Gasteiger partial charge in [0.25, 0.3) is 11.2 Å². The zero-order valence-electron chi connectivity index (χ0n) is 15.1. The van der Waals surface area contributed by atoms with Crippen molar-refractivity contribution < 1.29 is 4.92 Å². The van der Waals surface area contributed by atoms with Crippen molar-refractivity contribution in [3.8, 4) is 5.69 Å². The fourth-order valence-corrected chi connectivity index (χ4v) is 5.17. The van der Waals surface area contributed by atoms with Crippen LogP contribution in [0.4, 0.5) is 5.69 Å². The second kappa shape index (κ2) is 7.81. The molecule has 6 nitrogen and oxygen atoms in total. The number of nitro benzene ring substituents is 1. The number of rotatable bonds is 5. The van der Waals surface area contributed by atoms with E-state index in [1.54, 1.807) is 16.7 Å². The maximum Gasteiger partial charge on any atom is 0.272 e. The molecule has 0 aliphatic carbocycles. The summed E-state index contributed by atoms with van der Waals surface area (Å²) in [7, 11) is 0. The van der Waals surface area contributed by atoms with Crippen molar-refractivity contribution in [3.05, 3.63) is 86.3 Å². The van der Waals surface area contributed by atoms with Crippen LogP contribution in [0.1, 0.15) is 23.4 Å². The standard InChI is InChI=1S/C20H17N3O3S2/c1-13(14-5-3-2-4-6-14)28-20-21-17-11-12-27-18(17)19(24)22(20)15-7-9-16(10-8-15)23(25)26/h2-10,13H,11-12H2,1H3/t13-/m0/s1. The summed E-state index contributed by atoms with van der Waals surface area (Å²) in [5.74, 6) is 0.847. The van der Waals surface area contributed by atoms with Crippen LogP contribution in [0.25, 0.3) is 5.69 Å². The van der Waals surface area contributed by atoms with Crippen molar-refractivity contribution in [1.29, 1.82) is 0 Å². The summed E-state index contributed by atoms with van der Waals surface area (Å²) in [5.41, 5.74) is 2.46. The molecule has 0 N–H and O–H groups in total. The van der Waals surface area contributed by atoms with E-state index < -0.39 is 4.92 Å². The van der Waals surface area contributed by atoms with Gasteiger partial charge in [-0.05, 0) is 24.6 Å². The zero-order chi connectivity index (χ0) is 19.7. The van der Waals surface area contributed by atoms with Gasteiger partial charge in [-0.1, -0.05) is 42.1 Å². The minimum atomic E-state index is -0.448. The Morgan fingerprint density at radius 1 is 1.18 bits per heavy atom. The molecule has 0 fully saturated rings. The first kappa shape index (κ1) is 18.8. The van der Waals surface area contributed by atoms with E-state index in [0.717, 1.165) is 23.4 Å². The Labute approximate surface area is 170 Å². The van der Waals surface area contributed by atoms with Gasteiger partial charge in [0.2, 0.25) is 0 Å². The quantitative estimate of drug-likeness (QED) is 0.263. The van der Waals surface area contributed by atoms with Gasteiger partial charge in [-0.15, -0.1) is 11.8 Å². The van der Waals surface area contributed by atoms with Crippen molar-refractivity contribution in [2.24, 2.45) is 0 Å². The van der Waals surface area contributed by atoms with Gasteiger partial charge in [-0.2, -0.15) is 0 Å². The fourth-order valence-electron chi connectivity index (χ4n) is 3.07. The first-order valence-corrected chi connectivity index (χ1v) is 10.7. The van der Waals surface area contributed by atoms with Crippen LogP contribution in [0.2, 0.25) is 0 Å². The van der Waals surface area contributed by atoms with E-state index in [-0.39, 0.29) is 16.5 Å². The molecule has 1 aliphatic rings. The van der Waals surface area contributed by atoms with Crippen molar-refractivity contribution in [2.45, 2.75) is 28.6 Å². The lowest BCUT2D eigenvalue weighted by molar-refractivity contribution is -0.384. The minimum absolute atomic E-state index is 0.00727. The normalized spacial score (nSPS) is 13.9. The average Bonchev–Trinajstić information content (AvgIpc) is 3.18. The summed E-state index contributed by atoms with van der Waals surface area (Å²) in [5, 5.41) is 11.7. The number of non-ortho nitro benzene ring substituents is 1. The van der Waals surface area contributed by atoms with Crippen molar-refractivity contribution in [3.63, 3.8) is 0 Å². The van der Waals surface area contributed by atoms with E-state index >= 15 is 0 Å². The van der Waals surface area contributed by atoms with Crippen LogP contribution < -0.4 is 5.56 Å². The summed E-state index contributed by atoms with van der Waals surface area (Å²) in [6.07, 6.45) is 0.781. The van der Waals surface area contributed by atoms with Crippen LogP contribution in [0.5, 0.6) is 0 Å². The maximum atomic E-state index is 13.2. The van der Waals surface area contributed by atoms with E-state index in [0.29, 0.717) is 15.7 Å². The molecule has 0 spiro atoms. The predicted molar refractivity (Wildman–Crippen MR) is 112 cm³/mol. The molecule has 8 heteroatoms. The van der Waals surface area contributed by atoms with Gasteiger partial charge in [0.1, 0.15) is 0 Å². The van der Waals surface area contributed by atoms with Gasteiger partial charge >= 0.3 is 0 Å². The molecule has 28 heavy (non-hydrogen) atoms. The number of hydrogen-bond donors (Lipinski definition) is 0. The van der Waals surface area contributed by atoms with Crippen LogP contribution >= 0.6 is 23.5 Å². The molecule has 3 aromatic rings. The Kier molecular flexibility index (Phi) is 5.23. The van der Waals surface area contributed by atoms with Gasteiger partial charge in [-0.3, -0.25) is 19.5 Å². The summed E-state index contributed by atoms with van der Waals surface area (Å²) < 4.78 is 1.57. The van der Waals surface area contributed by atoms with Crippen LogP contribution in [0.15, 0.2) is 69.4 Å². The van der Waals surface area contributed by atoms with E-state index in [9.17, 15) is 14.9 Å². The van der Waals surface area contributed by atoms with Crippen molar-refractivity contribution >= 4 is 29.2 Å². The molecule has 142 valence electrons. The largest absolute Gasteiger partial charge is 0.272 e. The number of fused-ring (bicyclic) bond motifs is 1. The third-order valence-electron chi connectivity index (χ3n) is 4.54. The molecule has 0 bridgehead atoms. The molecule has 4 rings (SSSR count). The molecule has 0 unspecified atom stereocenters. The fraction of sp³-hybridized carbons (Fsp3) is 0.200. The molecule has 1 aromatic heterocycles. The molecule has 0 radical (unpaired) electrons. The molecular formula is C20H17N3O3S2. The van der Waals surface area contributed by atoms with Crippen LogP contribution in [-0.2, 0) is 6.42 Å². The predicted octanol–water partition coefficient (Wildman–Crippen LogP) is 4.64. The molecular weight excluding hydrogens is 394 g/mol. The molecule has 2 heterocycles. The van der Waals surface area contributed by atoms with Gasteiger partial charge in [0.05, 0.1) is 21.2 Å². The monoisotopic (exact) mass is 411 g/mol. The lowest BCUT2D eigenvalue weighted by atomic mass is 10.2. The number of hydrogen-bond acceptors (Lipinski definition) is 6. The Morgan fingerprint density at radius 3 is 2.57 bits per heavy atom. The molecule has 1 atom stereocenters. The highest BCUT2D eigenvalue weighted by molar-refractivity contribution is 7.99. The smallest absolute Gasteiger partial charge is 0.268 e. The van der Waals surface area contributed by atoms with Gasteiger partial charge in [0.15, 0.2) is 5.16 Å². The Hall–Kier alpha value is -2.58. The van der Waals surface area contributed by atoms with Crippen LogP contribution in [0.3, 0.4) is 0 Å². The number of nitrogens with zero attached hydrogens (tertiary/aromatic N) is 3. The first-order valence-electron chi connectivity index (χ1n) is 8.80. The minimum Gasteiger partial charge on any atom is -0.268 e.